The largest absolute Gasteiger partial charge is 0.494 e. The van der Waals surface area contributed by atoms with Crippen molar-refractivity contribution in [2.75, 3.05) is 20.2 Å². The van der Waals surface area contributed by atoms with Gasteiger partial charge in [-0.2, -0.15) is 0 Å². The van der Waals surface area contributed by atoms with Crippen LogP contribution in [0.25, 0.3) is 0 Å². The molecule has 1 aromatic carbocycles. The first-order chi connectivity index (χ1) is 10.2. The van der Waals surface area contributed by atoms with E-state index >= 15 is 0 Å². The Morgan fingerprint density at radius 1 is 1.38 bits per heavy atom. The lowest BCUT2D eigenvalue weighted by atomic mass is 10.0. The molecular formula is C17H27FN2O. The Morgan fingerprint density at radius 2 is 2.19 bits per heavy atom. The minimum Gasteiger partial charge on any atom is -0.494 e. The van der Waals surface area contributed by atoms with Crippen LogP contribution in [0, 0.1) is 5.82 Å². The fourth-order valence-electron chi connectivity index (χ4n) is 3.11. The van der Waals surface area contributed by atoms with Crippen LogP contribution in [0.4, 0.5) is 4.39 Å². The van der Waals surface area contributed by atoms with Crippen molar-refractivity contribution >= 4 is 0 Å². The second-order valence-electron chi connectivity index (χ2n) is 5.85. The number of hydrogen-bond donors (Lipinski definition) is 1. The van der Waals surface area contributed by atoms with Crippen LogP contribution in [0.5, 0.6) is 5.75 Å². The molecule has 0 spiro atoms. The Hall–Kier alpha value is -1.13. The minimum absolute atomic E-state index is 0.275. The van der Waals surface area contributed by atoms with Crippen molar-refractivity contribution in [3.8, 4) is 5.75 Å². The number of benzene rings is 1. The standard InChI is InChI=1S/C17H27FN2O/c1-4-6-14-12-20(15(5-2)10-19-14)11-13-7-8-17(21-3)16(18)9-13/h7-9,14-15,19H,4-6,10-12H2,1-3H3. The zero-order chi connectivity index (χ0) is 15.2. The van der Waals surface area contributed by atoms with Crippen LogP contribution in [-0.2, 0) is 6.54 Å². The minimum atomic E-state index is -0.275. The second kappa shape index (κ2) is 7.76. The normalized spacial score (nSPS) is 23.2. The lowest BCUT2D eigenvalue weighted by Gasteiger charge is -2.40. The molecule has 1 heterocycles. The molecule has 2 rings (SSSR count). The number of nitrogens with zero attached hydrogens (tertiary/aromatic N) is 1. The van der Waals surface area contributed by atoms with E-state index in [0.29, 0.717) is 17.8 Å². The molecule has 21 heavy (non-hydrogen) atoms. The molecule has 0 aliphatic carbocycles. The summed E-state index contributed by atoms with van der Waals surface area (Å²) in [5.41, 5.74) is 1.02. The molecule has 1 saturated heterocycles. The first-order valence-corrected chi connectivity index (χ1v) is 7.97. The van der Waals surface area contributed by atoms with Crippen molar-refractivity contribution in [2.45, 2.75) is 51.7 Å². The number of methoxy groups -OCH3 is 1. The Kier molecular flexibility index (Phi) is 6.00. The number of nitrogens with one attached hydrogen (secondary N) is 1. The summed E-state index contributed by atoms with van der Waals surface area (Å²) in [7, 11) is 1.50. The van der Waals surface area contributed by atoms with Crippen LogP contribution in [0.3, 0.4) is 0 Å². The van der Waals surface area contributed by atoms with Gasteiger partial charge in [-0.25, -0.2) is 4.39 Å². The van der Waals surface area contributed by atoms with E-state index in [0.717, 1.165) is 31.6 Å². The maximum absolute atomic E-state index is 13.8. The first-order valence-electron chi connectivity index (χ1n) is 7.97. The second-order valence-corrected chi connectivity index (χ2v) is 5.85. The van der Waals surface area contributed by atoms with Crippen LogP contribution in [0.2, 0.25) is 0 Å². The maximum Gasteiger partial charge on any atom is 0.165 e. The van der Waals surface area contributed by atoms with Crippen molar-refractivity contribution in [1.29, 1.82) is 0 Å². The number of hydrogen-bond acceptors (Lipinski definition) is 3. The van der Waals surface area contributed by atoms with Gasteiger partial charge in [0.25, 0.3) is 0 Å². The van der Waals surface area contributed by atoms with Gasteiger partial charge in [0, 0.05) is 31.7 Å². The summed E-state index contributed by atoms with van der Waals surface area (Å²) in [5, 5.41) is 3.63. The molecular weight excluding hydrogens is 267 g/mol. The summed E-state index contributed by atoms with van der Waals surface area (Å²) in [6, 6.07) is 6.37. The quantitative estimate of drug-likeness (QED) is 0.872. The fraction of sp³-hybridized carbons (Fsp3) is 0.647. The summed E-state index contributed by atoms with van der Waals surface area (Å²) in [5.74, 6) is 0.0400. The lowest BCUT2D eigenvalue weighted by molar-refractivity contribution is 0.115. The fourth-order valence-corrected chi connectivity index (χ4v) is 3.11. The van der Waals surface area contributed by atoms with E-state index in [1.165, 1.54) is 20.0 Å². The molecule has 1 N–H and O–H groups in total. The molecule has 1 aliphatic rings. The van der Waals surface area contributed by atoms with Crippen LogP contribution in [0.15, 0.2) is 18.2 Å². The molecule has 0 bridgehead atoms. The number of ether oxygens (including phenoxy) is 1. The molecule has 0 saturated carbocycles. The van der Waals surface area contributed by atoms with E-state index in [1.807, 2.05) is 6.07 Å². The predicted molar refractivity (Wildman–Crippen MR) is 84.1 cm³/mol. The highest BCUT2D eigenvalue weighted by Gasteiger charge is 2.26. The molecule has 1 aliphatic heterocycles. The molecule has 1 fully saturated rings. The van der Waals surface area contributed by atoms with Gasteiger partial charge in [0.05, 0.1) is 7.11 Å². The third kappa shape index (κ3) is 4.17. The summed E-state index contributed by atoms with van der Waals surface area (Å²) in [6.07, 6.45) is 3.51. The van der Waals surface area contributed by atoms with Gasteiger partial charge in [0.15, 0.2) is 11.6 Å². The Balaban J connectivity index is 2.05. The Labute approximate surface area is 127 Å². The van der Waals surface area contributed by atoms with E-state index in [4.69, 9.17) is 4.74 Å². The first kappa shape index (κ1) is 16.2. The molecule has 2 unspecified atom stereocenters. The van der Waals surface area contributed by atoms with Crippen LogP contribution < -0.4 is 10.1 Å². The molecule has 0 radical (unpaired) electrons. The molecule has 0 aromatic heterocycles. The van der Waals surface area contributed by atoms with Gasteiger partial charge in [-0.15, -0.1) is 0 Å². The summed E-state index contributed by atoms with van der Waals surface area (Å²) in [6.45, 7) is 7.31. The number of rotatable bonds is 6. The highest BCUT2D eigenvalue weighted by atomic mass is 19.1. The summed E-state index contributed by atoms with van der Waals surface area (Å²) in [4.78, 5) is 2.48. The van der Waals surface area contributed by atoms with Crippen LogP contribution in [-0.4, -0.2) is 37.2 Å². The zero-order valence-electron chi connectivity index (χ0n) is 13.4. The molecule has 2 atom stereocenters. The molecule has 4 heteroatoms. The van der Waals surface area contributed by atoms with Gasteiger partial charge in [-0.05, 0) is 30.5 Å². The molecule has 1 aromatic rings. The van der Waals surface area contributed by atoms with E-state index < -0.39 is 0 Å². The van der Waals surface area contributed by atoms with E-state index in [9.17, 15) is 4.39 Å². The van der Waals surface area contributed by atoms with Crippen molar-refractivity contribution in [1.82, 2.24) is 10.2 Å². The average Bonchev–Trinajstić information content (AvgIpc) is 2.48. The maximum atomic E-state index is 13.8. The monoisotopic (exact) mass is 294 g/mol. The molecule has 118 valence electrons. The SMILES string of the molecule is CCCC1CN(Cc2ccc(OC)c(F)c2)C(CC)CN1. The average molecular weight is 294 g/mol. The highest BCUT2D eigenvalue weighted by Crippen LogP contribution is 2.21. The third-order valence-corrected chi connectivity index (χ3v) is 4.32. The molecule has 0 amide bonds. The number of halogens is 1. The van der Waals surface area contributed by atoms with Crippen molar-refractivity contribution < 1.29 is 9.13 Å². The van der Waals surface area contributed by atoms with E-state index in [2.05, 4.69) is 24.1 Å². The van der Waals surface area contributed by atoms with E-state index in [-0.39, 0.29) is 5.82 Å². The van der Waals surface area contributed by atoms with Crippen molar-refractivity contribution in [2.24, 2.45) is 0 Å². The van der Waals surface area contributed by atoms with Gasteiger partial charge >= 0.3 is 0 Å². The topological polar surface area (TPSA) is 24.5 Å². The van der Waals surface area contributed by atoms with Crippen molar-refractivity contribution in [3.05, 3.63) is 29.6 Å². The lowest BCUT2D eigenvalue weighted by Crippen LogP contribution is -2.55. The van der Waals surface area contributed by atoms with Gasteiger partial charge in [-0.1, -0.05) is 26.3 Å². The van der Waals surface area contributed by atoms with Crippen LogP contribution >= 0.6 is 0 Å². The van der Waals surface area contributed by atoms with E-state index in [1.54, 1.807) is 12.1 Å². The van der Waals surface area contributed by atoms with Gasteiger partial charge in [0.2, 0.25) is 0 Å². The predicted octanol–water partition coefficient (Wildman–Crippen LogP) is 3.19. The Bertz CT molecular complexity index is 452. The Morgan fingerprint density at radius 3 is 2.81 bits per heavy atom. The van der Waals surface area contributed by atoms with Crippen molar-refractivity contribution in [3.63, 3.8) is 0 Å². The van der Waals surface area contributed by atoms with Gasteiger partial charge in [0.1, 0.15) is 0 Å². The summed E-state index contributed by atoms with van der Waals surface area (Å²) >= 11 is 0. The smallest absolute Gasteiger partial charge is 0.165 e. The summed E-state index contributed by atoms with van der Waals surface area (Å²) < 4.78 is 18.8. The van der Waals surface area contributed by atoms with Crippen LogP contribution in [0.1, 0.15) is 38.7 Å². The van der Waals surface area contributed by atoms with Gasteiger partial charge in [-0.3, -0.25) is 4.90 Å². The highest BCUT2D eigenvalue weighted by molar-refractivity contribution is 5.29. The molecule has 3 nitrogen and oxygen atoms in total. The number of piperazine rings is 1. The third-order valence-electron chi connectivity index (χ3n) is 4.32. The van der Waals surface area contributed by atoms with Gasteiger partial charge < -0.3 is 10.1 Å². The zero-order valence-corrected chi connectivity index (χ0v) is 13.4.